The summed E-state index contributed by atoms with van der Waals surface area (Å²) < 4.78 is 66.3. The van der Waals surface area contributed by atoms with Gasteiger partial charge in [-0.3, -0.25) is 9.69 Å². The van der Waals surface area contributed by atoms with Crippen LogP contribution >= 0.6 is 11.6 Å². The van der Waals surface area contributed by atoms with Gasteiger partial charge in [-0.2, -0.15) is 23.3 Å². The second-order valence-corrected chi connectivity index (χ2v) is 9.82. The summed E-state index contributed by atoms with van der Waals surface area (Å²) >= 11 is 5.86. The number of nitrogens with zero attached hydrogens (tertiary/aromatic N) is 6. The highest BCUT2D eigenvalue weighted by atomic mass is 35.5. The molecule has 11 nitrogen and oxygen atoms in total. The Hall–Kier alpha value is -4.34. The van der Waals surface area contributed by atoms with Gasteiger partial charge in [0.2, 0.25) is 5.95 Å². The summed E-state index contributed by atoms with van der Waals surface area (Å²) in [6, 6.07) is 5.83. The van der Waals surface area contributed by atoms with Crippen molar-refractivity contribution in [3.05, 3.63) is 81.4 Å². The summed E-state index contributed by atoms with van der Waals surface area (Å²) in [5, 5.41) is 6.31. The number of halogens is 5. The summed E-state index contributed by atoms with van der Waals surface area (Å²) in [6.07, 6.45) is -0.881. The minimum atomic E-state index is -4.73. The monoisotopic (exact) mass is 621 g/mol. The molecule has 226 valence electrons. The van der Waals surface area contributed by atoms with Crippen LogP contribution < -0.4 is 10.9 Å². The fraction of sp³-hybridized carbons (Fsp3) is 0.296. The van der Waals surface area contributed by atoms with Crippen LogP contribution in [-0.2, 0) is 22.2 Å². The molecule has 0 amide bonds. The number of pyridine rings is 1. The fourth-order valence-electron chi connectivity index (χ4n) is 4.39. The number of alkyl halides is 3. The van der Waals surface area contributed by atoms with Crippen LogP contribution in [0.2, 0.25) is 5.02 Å². The van der Waals surface area contributed by atoms with Gasteiger partial charge in [0, 0.05) is 61.6 Å². The quantitative estimate of drug-likeness (QED) is 0.229. The Bertz CT molecular complexity index is 1700. The maximum atomic E-state index is 13.6. The number of hydrogen-bond donors (Lipinski definition) is 1. The second-order valence-electron chi connectivity index (χ2n) is 9.41. The summed E-state index contributed by atoms with van der Waals surface area (Å²) in [7, 11) is 1.13. The molecular formula is C27H24ClF4N7O4. The predicted molar refractivity (Wildman–Crippen MR) is 147 cm³/mol. The number of benzene rings is 1. The van der Waals surface area contributed by atoms with Crippen molar-refractivity contribution < 1.29 is 31.8 Å². The van der Waals surface area contributed by atoms with E-state index in [0.29, 0.717) is 38.5 Å². The highest BCUT2D eigenvalue weighted by Crippen LogP contribution is 2.31. The molecule has 0 bridgehead atoms. The van der Waals surface area contributed by atoms with Gasteiger partial charge in [0.1, 0.15) is 11.4 Å². The van der Waals surface area contributed by atoms with Crippen LogP contribution in [0.25, 0.3) is 16.9 Å². The number of esters is 1. The van der Waals surface area contributed by atoms with E-state index in [4.69, 9.17) is 21.1 Å². The zero-order valence-corrected chi connectivity index (χ0v) is 23.3. The Balaban J connectivity index is 1.61. The molecule has 43 heavy (non-hydrogen) atoms. The van der Waals surface area contributed by atoms with Crippen molar-refractivity contribution in [1.82, 2.24) is 29.2 Å². The molecule has 0 saturated carbocycles. The summed E-state index contributed by atoms with van der Waals surface area (Å²) in [4.78, 5) is 36.5. The Morgan fingerprint density at radius 1 is 1.16 bits per heavy atom. The maximum absolute atomic E-state index is 13.6. The van der Waals surface area contributed by atoms with E-state index in [-0.39, 0.29) is 40.0 Å². The molecule has 5 rings (SSSR count). The molecule has 16 heteroatoms. The number of nitrogens with one attached hydrogen (secondary N) is 1. The number of hydrogen-bond acceptors (Lipinski definition) is 9. The first-order valence-corrected chi connectivity index (χ1v) is 13.3. The Labute approximate surface area is 246 Å². The van der Waals surface area contributed by atoms with E-state index in [2.05, 4.69) is 25.3 Å². The second kappa shape index (κ2) is 12.5. The van der Waals surface area contributed by atoms with Crippen molar-refractivity contribution >= 4 is 29.2 Å². The smallest absolute Gasteiger partial charge is 0.435 e. The van der Waals surface area contributed by atoms with Gasteiger partial charge in [-0.05, 0) is 30.3 Å². The van der Waals surface area contributed by atoms with Crippen LogP contribution in [0.3, 0.4) is 0 Å². The van der Waals surface area contributed by atoms with Crippen molar-refractivity contribution in [1.29, 1.82) is 0 Å². The summed E-state index contributed by atoms with van der Waals surface area (Å²) in [6.45, 7) is 3.14. The first-order valence-electron chi connectivity index (χ1n) is 12.9. The number of methoxy groups -OCH3 is 1. The van der Waals surface area contributed by atoms with Gasteiger partial charge in [0.25, 0.3) is 5.56 Å². The number of ether oxygens (including phenoxy) is 2. The van der Waals surface area contributed by atoms with Crippen molar-refractivity contribution in [3.63, 3.8) is 0 Å². The molecule has 1 aliphatic heterocycles. The van der Waals surface area contributed by atoms with E-state index in [1.54, 1.807) is 0 Å². The third-order valence-corrected chi connectivity index (χ3v) is 6.89. The van der Waals surface area contributed by atoms with Gasteiger partial charge in [-0.1, -0.05) is 11.6 Å². The predicted octanol–water partition coefficient (Wildman–Crippen LogP) is 4.16. The van der Waals surface area contributed by atoms with Crippen LogP contribution in [0.1, 0.15) is 16.1 Å². The van der Waals surface area contributed by atoms with Crippen LogP contribution in [0.5, 0.6) is 0 Å². The summed E-state index contributed by atoms with van der Waals surface area (Å²) in [5.41, 5.74) is -1.33. The lowest BCUT2D eigenvalue weighted by atomic mass is 10.1. The first kappa shape index (κ1) is 30.1. The van der Waals surface area contributed by atoms with Crippen molar-refractivity contribution in [2.24, 2.45) is 0 Å². The zero-order valence-electron chi connectivity index (χ0n) is 22.6. The van der Waals surface area contributed by atoms with Crippen molar-refractivity contribution in [3.8, 4) is 16.9 Å². The van der Waals surface area contributed by atoms with Crippen LogP contribution in [0.4, 0.5) is 29.2 Å². The lowest BCUT2D eigenvalue weighted by Crippen LogP contribution is -2.39. The van der Waals surface area contributed by atoms with E-state index < -0.39 is 29.2 Å². The third-order valence-electron chi connectivity index (χ3n) is 6.60. The van der Waals surface area contributed by atoms with E-state index in [1.807, 2.05) is 0 Å². The molecule has 1 fully saturated rings. The number of carbonyl (C=O) groups excluding carboxylic acids is 1. The maximum Gasteiger partial charge on any atom is 0.435 e. The van der Waals surface area contributed by atoms with Crippen molar-refractivity contribution in [2.75, 3.05) is 45.3 Å². The number of anilines is 2. The SMILES string of the molecule is COC(=O)c1cc(-c2cnc(Nc3ccc(F)c(Cl)c3)nc2-n2ccc(C(F)(F)F)n2)cn(CCN2CCOCC2)c1=O. The first-order chi connectivity index (χ1) is 20.5. The fourth-order valence-corrected chi connectivity index (χ4v) is 4.57. The standard InChI is InChI=1S/C27H24ClF4N7O4/c1-42-25(41)18-12-16(15-38(24(18)40)7-6-37-8-10-43-11-9-37)19-14-33-26(34-17-2-3-21(29)20(28)13-17)35-23(19)39-5-4-22(36-39)27(30,31)32/h2-5,12-15H,6-11H2,1H3,(H,33,34,35). The minimum Gasteiger partial charge on any atom is -0.465 e. The average Bonchev–Trinajstić information content (AvgIpc) is 3.50. The molecule has 0 aliphatic carbocycles. The van der Waals surface area contributed by atoms with Crippen LogP contribution in [0, 0.1) is 5.82 Å². The average molecular weight is 622 g/mol. The van der Waals surface area contributed by atoms with Gasteiger partial charge in [-0.25, -0.2) is 18.9 Å². The highest BCUT2D eigenvalue weighted by molar-refractivity contribution is 6.31. The lowest BCUT2D eigenvalue weighted by molar-refractivity contribution is -0.141. The molecule has 1 aromatic carbocycles. The van der Waals surface area contributed by atoms with E-state index >= 15 is 0 Å². The number of rotatable bonds is 8. The normalized spacial score (nSPS) is 14.1. The highest BCUT2D eigenvalue weighted by Gasteiger charge is 2.34. The Morgan fingerprint density at radius 2 is 1.93 bits per heavy atom. The van der Waals surface area contributed by atoms with Gasteiger partial charge in [-0.15, -0.1) is 0 Å². The molecule has 1 saturated heterocycles. The topological polar surface area (TPSA) is 116 Å². The number of aromatic nitrogens is 5. The van der Waals surface area contributed by atoms with Crippen LogP contribution in [-0.4, -0.2) is 75.1 Å². The van der Waals surface area contributed by atoms with Gasteiger partial charge < -0.3 is 19.4 Å². The number of carbonyl (C=O) groups is 1. The Morgan fingerprint density at radius 3 is 2.60 bits per heavy atom. The van der Waals surface area contributed by atoms with E-state index in [1.165, 1.54) is 35.2 Å². The third kappa shape index (κ3) is 6.84. The van der Waals surface area contributed by atoms with Gasteiger partial charge in [0.15, 0.2) is 11.5 Å². The van der Waals surface area contributed by atoms with E-state index in [0.717, 1.165) is 30.1 Å². The molecule has 0 spiro atoms. The molecule has 0 radical (unpaired) electrons. The molecule has 0 unspecified atom stereocenters. The Kier molecular flexibility index (Phi) is 8.75. The van der Waals surface area contributed by atoms with Gasteiger partial charge in [0.05, 0.1) is 25.3 Å². The van der Waals surface area contributed by atoms with Crippen molar-refractivity contribution in [2.45, 2.75) is 12.7 Å². The van der Waals surface area contributed by atoms with E-state index in [9.17, 15) is 27.2 Å². The number of morpholine rings is 1. The zero-order chi connectivity index (χ0) is 30.7. The van der Waals surface area contributed by atoms with Gasteiger partial charge >= 0.3 is 12.1 Å². The summed E-state index contributed by atoms with van der Waals surface area (Å²) in [5.74, 6) is -1.71. The molecule has 0 atom stereocenters. The largest absolute Gasteiger partial charge is 0.465 e. The minimum absolute atomic E-state index is 0.0701. The molecule has 1 aliphatic rings. The van der Waals surface area contributed by atoms with Crippen LogP contribution in [0.15, 0.2) is 53.7 Å². The molecule has 4 aromatic rings. The lowest BCUT2D eigenvalue weighted by Gasteiger charge is -2.26. The molecule has 4 heterocycles. The molecular weight excluding hydrogens is 598 g/mol. The molecule has 3 aromatic heterocycles. The molecule has 1 N–H and O–H groups in total.